The summed E-state index contributed by atoms with van der Waals surface area (Å²) in [5.41, 5.74) is 12.5. The maximum atomic E-state index is 12.4. The second-order valence-electron chi connectivity index (χ2n) is 5.46. The summed E-state index contributed by atoms with van der Waals surface area (Å²) >= 11 is 0. The van der Waals surface area contributed by atoms with E-state index < -0.39 is 11.9 Å². The zero-order valence-electron chi connectivity index (χ0n) is 13.7. The van der Waals surface area contributed by atoms with E-state index in [0.717, 1.165) is 0 Å². The smallest absolute Gasteiger partial charge is 0.344 e. The minimum Gasteiger partial charge on any atom is -0.423 e. The highest BCUT2D eigenvalue weighted by atomic mass is 16.5. The van der Waals surface area contributed by atoms with Crippen molar-refractivity contribution in [1.82, 2.24) is 0 Å². The Balaban J connectivity index is 1.80. The summed E-state index contributed by atoms with van der Waals surface area (Å²) in [6.07, 6.45) is 0. The lowest BCUT2D eigenvalue weighted by atomic mass is 10.1. The lowest BCUT2D eigenvalue weighted by molar-refractivity contribution is 0.0692. The van der Waals surface area contributed by atoms with Crippen molar-refractivity contribution >= 4 is 23.3 Å². The van der Waals surface area contributed by atoms with E-state index in [2.05, 4.69) is 0 Å². The van der Waals surface area contributed by atoms with Gasteiger partial charge in [0.05, 0.1) is 11.1 Å². The number of hydrogen-bond acceptors (Lipinski definition) is 6. The van der Waals surface area contributed by atoms with E-state index in [9.17, 15) is 9.59 Å². The minimum atomic E-state index is -0.667. The third-order valence-electron chi connectivity index (χ3n) is 3.55. The molecule has 6 nitrogen and oxygen atoms in total. The Kier molecular flexibility index (Phi) is 4.85. The van der Waals surface area contributed by atoms with Crippen LogP contribution in [-0.2, 0) is 0 Å². The highest BCUT2D eigenvalue weighted by Gasteiger charge is 2.20. The molecule has 0 radical (unpaired) electrons. The number of nitrogens with two attached hydrogens (primary N) is 2. The van der Waals surface area contributed by atoms with Crippen molar-refractivity contribution in [2.45, 2.75) is 0 Å². The first-order valence-electron chi connectivity index (χ1n) is 7.77. The Hall–Kier alpha value is -3.80. The average Bonchev–Trinajstić information content (AvgIpc) is 2.65. The molecular weight excluding hydrogens is 332 g/mol. The summed E-state index contributed by atoms with van der Waals surface area (Å²) < 4.78 is 10.6. The lowest BCUT2D eigenvalue weighted by Crippen LogP contribution is -2.17. The molecule has 3 rings (SSSR count). The molecule has 0 fully saturated rings. The van der Waals surface area contributed by atoms with Crippen LogP contribution in [0, 0.1) is 0 Å². The van der Waals surface area contributed by atoms with Crippen molar-refractivity contribution in [3.05, 3.63) is 83.9 Å². The van der Waals surface area contributed by atoms with E-state index in [1.54, 1.807) is 60.7 Å². The largest absolute Gasteiger partial charge is 0.423 e. The van der Waals surface area contributed by atoms with Crippen molar-refractivity contribution < 1.29 is 19.1 Å². The first kappa shape index (κ1) is 17.0. The van der Waals surface area contributed by atoms with E-state index in [1.165, 1.54) is 12.1 Å². The molecule has 26 heavy (non-hydrogen) atoms. The molecule has 3 aromatic carbocycles. The Morgan fingerprint density at radius 1 is 0.577 bits per heavy atom. The zero-order chi connectivity index (χ0) is 18.5. The van der Waals surface area contributed by atoms with Crippen LogP contribution in [0.1, 0.15) is 20.7 Å². The summed E-state index contributed by atoms with van der Waals surface area (Å²) in [5.74, 6) is -0.684. The van der Waals surface area contributed by atoms with Gasteiger partial charge in [0.15, 0.2) is 0 Å². The number of carbonyl (C=O) groups excluding carboxylic acids is 2. The molecular formula is C20H16N2O4. The molecule has 3 aromatic rings. The van der Waals surface area contributed by atoms with Gasteiger partial charge in [-0.3, -0.25) is 0 Å². The number of anilines is 2. The predicted octanol–water partition coefficient (Wildman–Crippen LogP) is 3.29. The number of hydrogen-bond donors (Lipinski definition) is 2. The number of nitrogen functional groups attached to an aromatic ring is 2. The fourth-order valence-corrected chi connectivity index (χ4v) is 2.23. The Bertz CT molecular complexity index is 856. The molecule has 0 atom stereocenters. The van der Waals surface area contributed by atoms with Gasteiger partial charge >= 0.3 is 11.9 Å². The Morgan fingerprint density at radius 2 is 0.923 bits per heavy atom. The van der Waals surface area contributed by atoms with E-state index >= 15 is 0 Å². The van der Waals surface area contributed by atoms with Crippen LogP contribution >= 0.6 is 0 Å². The summed E-state index contributed by atoms with van der Waals surface area (Å²) in [5, 5.41) is 0. The molecule has 0 aliphatic carbocycles. The summed E-state index contributed by atoms with van der Waals surface area (Å²) in [7, 11) is 0. The lowest BCUT2D eigenvalue weighted by Gasteiger charge is -2.09. The molecule has 130 valence electrons. The molecule has 0 aliphatic heterocycles. The summed E-state index contributed by atoms with van der Waals surface area (Å²) in [6.45, 7) is 0. The van der Waals surface area contributed by atoms with Crippen LogP contribution in [0.15, 0.2) is 72.8 Å². The Labute approximate surface area is 150 Å². The highest BCUT2D eigenvalue weighted by Crippen LogP contribution is 2.19. The third-order valence-corrected chi connectivity index (χ3v) is 3.55. The number of ether oxygens (including phenoxy) is 2. The molecule has 0 bridgehead atoms. The first-order chi connectivity index (χ1) is 12.5. The molecule has 0 saturated heterocycles. The van der Waals surface area contributed by atoms with Crippen LogP contribution in [0.5, 0.6) is 11.5 Å². The molecule has 0 unspecified atom stereocenters. The average molecular weight is 348 g/mol. The SMILES string of the molecule is Nc1ccc(OC(=O)c2ccccc2C(=O)Oc2ccc(N)cc2)cc1. The molecule has 0 saturated carbocycles. The monoisotopic (exact) mass is 348 g/mol. The van der Waals surface area contributed by atoms with Crippen molar-refractivity contribution in [3.63, 3.8) is 0 Å². The van der Waals surface area contributed by atoms with Gasteiger partial charge in [0, 0.05) is 11.4 Å². The number of benzene rings is 3. The van der Waals surface area contributed by atoms with Crippen molar-refractivity contribution in [2.24, 2.45) is 0 Å². The van der Waals surface area contributed by atoms with Crippen LogP contribution in [0.25, 0.3) is 0 Å². The predicted molar refractivity (Wildman–Crippen MR) is 98.1 cm³/mol. The maximum absolute atomic E-state index is 12.4. The molecule has 4 N–H and O–H groups in total. The van der Waals surface area contributed by atoms with Crippen LogP contribution in [0.4, 0.5) is 11.4 Å². The van der Waals surface area contributed by atoms with Crippen molar-refractivity contribution in [2.75, 3.05) is 11.5 Å². The van der Waals surface area contributed by atoms with Crippen LogP contribution < -0.4 is 20.9 Å². The quantitative estimate of drug-likeness (QED) is 0.426. The van der Waals surface area contributed by atoms with Gasteiger partial charge < -0.3 is 20.9 Å². The highest BCUT2D eigenvalue weighted by molar-refractivity contribution is 6.04. The molecule has 6 heteroatoms. The van der Waals surface area contributed by atoms with Gasteiger partial charge in [0.2, 0.25) is 0 Å². The fourth-order valence-electron chi connectivity index (χ4n) is 2.23. The molecule has 0 spiro atoms. The second-order valence-corrected chi connectivity index (χ2v) is 5.46. The second kappa shape index (κ2) is 7.40. The third kappa shape index (κ3) is 3.99. The molecule has 0 heterocycles. The first-order valence-corrected chi connectivity index (χ1v) is 7.77. The van der Waals surface area contributed by atoms with Gasteiger partial charge in [-0.05, 0) is 60.7 Å². The van der Waals surface area contributed by atoms with Gasteiger partial charge in [0.1, 0.15) is 11.5 Å². The molecule has 0 aliphatic rings. The van der Waals surface area contributed by atoms with E-state index in [0.29, 0.717) is 22.9 Å². The normalized spacial score (nSPS) is 10.2. The Morgan fingerprint density at radius 3 is 1.27 bits per heavy atom. The van der Waals surface area contributed by atoms with E-state index in [1.807, 2.05) is 0 Å². The van der Waals surface area contributed by atoms with Gasteiger partial charge in [-0.25, -0.2) is 9.59 Å². The van der Waals surface area contributed by atoms with Crippen LogP contribution in [-0.4, -0.2) is 11.9 Å². The number of carbonyl (C=O) groups is 2. The topological polar surface area (TPSA) is 105 Å². The van der Waals surface area contributed by atoms with Gasteiger partial charge in [0.25, 0.3) is 0 Å². The van der Waals surface area contributed by atoms with E-state index in [4.69, 9.17) is 20.9 Å². The van der Waals surface area contributed by atoms with Crippen molar-refractivity contribution in [1.29, 1.82) is 0 Å². The standard InChI is InChI=1S/C20H16N2O4/c21-13-5-9-15(10-6-13)25-19(23)17-3-1-2-4-18(17)20(24)26-16-11-7-14(22)8-12-16/h1-12H,21-22H2. The maximum Gasteiger partial charge on any atom is 0.344 e. The van der Waals surface area contributed by atoms with Gasteiger partial charge in [-0.2, -0.15) is 0 Å². The summed E-state index contributed by atoms with van der Waals surface area (Å²) in [6, 6.07) is 19.0. The number of rotatable bonds is 4. The van der Waals surface area contributed by atoms with Gasteiger partial charge in [-0.1, -0.05) is 12.1 Å². The molecule has 0 amide bonds. The zero-order valence-corrected chi connectivity index (χ0v) is 13.7. The van der Waals surface area contributed by atoms with Crippen LogP contribution in [0.3, 0.4) is 0 Å². The minimum absolute atomic E-state index is 0.102. The molecule has 0 aromatic heterocycles. The summed E-state index contributed by atoms with van der Waals surface area (Å²) in [4.78, 5) is 24.9. The fraction of sp³-hybridized carbons (Fsp3) is 0. The van der Waals surface area contributed by atoms with Crippen molar-refractivity contribution in [3.8, 4) is 11.5 Å². The number of esters is 2. The van der Waals surface area contributed by atoms with E-state index in [-0.39, 0.29) is 11.1 Å². The van der Waals surface area contributed by atoms with Gasteiger partial charge in [-0.15, -0.1) is 0 Å². The van der Waals surface area contributed by atoms with Crippen LogP contribution in [0.2, 0.25) is 0 Å².